The molecule has 3 nitrogen and oxygen atoms in total. The van der Waals surface area contributed by atoms with E-state index in [-0.39, 0.29) is 6.04 Å². The molecule has 0 heterocycles. The predicted molar refractivity (Wildman–Crippen MR) is 81.8 cm³/mol. The lowest BCUT2D eigenvalue weighted by atomic mass is 9.93. The van der Waals surface area contributed by atoms with Gasteiger partial charge < -0.3 is 15.5 Å². The molecule has 3 N–H and O–H groups in total. The number of aliphatic hydroxyl groups is 1. The number of aromatic hydroxyl groups is 1. The third kappa shape index (κ3) is 4.22. The summed E-state index contributed by atoms with van der Waals surface area (Å²) in [6.07, 6.45) is 7.55. The molecule has 1 fully saturated rings. The fraction of sp³-hybridized carbons (Fsp3) is 0.647. The van der Waals surface area contributed by atoms with E-state index in [1.54, 1.807) is 12.1 Å². The van der Waals surface area contributed by atoms with Gasteiger partial charge in [0.2, 0.25) is 0 Å². The molecule has 1 unspecified atom stereocenters. The van der Waals surface area contributed by atoms with Crippen LogP contribution in [-0.2, 0) is 0 Å². The predicted octanol–water partition coefficient (Wildman–Crippen LogP) is 3.52. The summed E-state index contributed by atoms with van der Waals surface area (Å²) in [4.78, 5) is 0. The van der Waals surface area contributed by atoms with Crippen LogP contribution in [0.5, 0.6) is 5.75 Å². The van der Waals surface area contributed by atoms with Crippen LogP contribution in [0.15, 0.2) is 24.3 Å². The van der Waals surface area contributed by atoms with Gasteiger partial charge in [-0.15, -0.1) is 0 Å². The first-order chi connectivity index (χ1) is 9.63. The minimum atomic E-state index is -0.541. The number of hydrogen-bond acceptors (Lipinski definition) is 3. The maximum Gasteiger partial charge on any atom is 0.115 e. The van der Waals surface area contributed by atoms with Gasteiger partial charge >= 0.3 is 0 Å². The number of phenolic OH excluding ortho intramolecular Hbond substituents is 1. The van der Waals surface area contributed by atoms with Crippen LogP contribution >= 0.6 is 0 Å². The van der Waals surface area contributed by atoms with Crippen LogP contribution in [0.4, 0.5) is 0 Å². The van der Waals surface area contributed by atoms with E-state index in [1.807, 2.05) is 12.1 Å². The molecule has 1 saturated carbocycles. The van der Waals surface area contributed by atoms with E-state index in [1.165, 1.54) is 18.4 Å². The van der Waals surface area contributed by atoms with Gasteiger partial charge in [0.05, 0.1) is 5.60 Å². The summed E-state index contributed by atoms with van der Waals surface area (Å²) in [5, 5.41) is 23.6. The lowest BCUT2D eigenvalue weighted by Crippen LogP contribution is -2.41. The summed E-state index contributed by atoms with van der Waals surface area (Å²) in [5.74, 6) is 0.297. The van der Waals surface area contributed by atoms with Crippen molar-refractivity contribution in [1.82, 2.24) is 5.32 Å². The van der Waals surface area contributed by atoms with Crippen molar-refractivity contribution in [2.75, 3.05) is 6.54 Å². The highest BCUT2D eigenvalue weighted by Crippen LogP contribution is 2.28. The highest BCUT2D eigenvalue weighted by Gasteiger charge is 2.28. The molecule has 0 aromatic heterocycles. The highest BCUT2D eigenvalue weighted by atomic mass is 16.3. The Morgan fingerprint density at radius 1 is 1.10 bits per heavy atom. The van der Waals surface area contributed by atoms with E-state index in [0.29, 0.717) is 12.3 Å². The van der Waals surface area contributed by atoms with Gasteiger partial charge in [-0.3, -0.25) is 0 Å². The molecule has 0 spiro atoms. The molecular weight excluding hydrogens is 250 g/mol. The average Bonchev–Trinajstić information content (AvgIpc) is 2.67. The zero-order chi connectivity index (χ0) is 14.4. The first kappa shape index (κ1) is 15.3. The Labute approximate surface area is 122 Å². The van der Waals surface area contributed by atoms with Crippen molar-refractivity contribution < 1.29 is 10.2 Å². The third-order valence-corrected chi connectivity index (χ3v) is 4.42. The number of benzene rings is 1. The van der Waals surface area contributed by atoms with Crippen molar-refractivity contribution in [3.8, 4) is 5.75 Å². The van der Waals surface area contributed by atoms with Crippen molar-refractivity contribution >= 4 is 0 Å². The molecular formula is C17H27NO2. The lowest BCUT2D eigenvalue weighted by Gasteiger charge is -2.29. The molecule has 112 valence electrons. The van der Waals surface area contributed by atoms with Gasteiger partial charge in [-0.1, -0.05) is 44.7 Å². The fourth-order valence-corrected chi connectivity index (χ4v) is 3.08. The fourth-order valence-electron chi connectivity index (χ4n) is 3.08. The molecule has 0 bridgehead atoms. The Morgan fingerprint density at radius 3 is 2.25 bits per heavy atom. The Bertz CT molecular complexity index is 394. The minimum Gasteiger partial charge on any atom is -0.508 e. The summed E-state index contributed by atoms with van der Waals surface area (Å²) in [6.45, 7) is 2.80. The standard InChI is InChI=1S/C17H27NO2/c1-2-16(14-7-9-15(19)10-8-14)18-13-17(20)11-5-3-4-6-12-17/h7-10,16,18-20H,2-6,11-13H2,1H3. The maximum atomic E-state index is 10.7. The highest BCUT2D eigenvalue weighted by molar-refractivity contribution is 5.28. The zero-order valence-electron chi connectivity index (χ0n) is 12.4. The first-order valence-corrected chi connectivity index (χ1v) is 7.88. The summed E-state index contributed by atoms with van der Waals surface area (Å²) in [7, 11) is 0. The largest absolute Gasteiger partial charge is 0.508 e. The van der Waals surface area contributed by atoms with Gasteiger partial charge in [0, 0.05) is 12.6 Å². The molecule has 0 radical (unpaired) electrons. The van der Waals surface area contributed by atoms with E-state index < -0.39 is 5.60 Å². The first-order valence-electron chi connectivity index (χ1n) is 7.88. The number of phenols is 1. The Hall–Kier alpha value is -1.06. The molecule has 0 aliphatic heterocycles. The number of nitrogens with one attached hydrogen (secondary N) is 1. The summed E-state index contributed by atoms with van der Waals surface area (Å²) >= 11 is 0. The van der Waals surface area contributed by atoms with E-state index >= 15 is 0 Å². The molecule has 0 saturated heterocycles. The van der Waals surface area contributed by atoms with Crippen LogP contribution in [0, 0.1) is 0 Å². The zero-order valence-corrected chi connectivity index (χ0v) is 12.4. The monoisotopic (exact) mass is 277 g/mol. The smallest absolute Gasteiger partial charge is 0.115 e. The van der Waals surface area contributed by atoms with Crippen molar-refractivity contribution in [2.24, 2.45) is 0 Å². The van der Waals surface area contributed by atoms with Crippen molar-refractivity contribution in [3.63, 3.8) is 0 Å². The van der Waals surface area contributed by atoms with Gasteiger partial charge in [-0.25, -0.2) is 0 Å². The van der Waals surface area contributed by atoms with Crippen LogP contribution < -0.4 is 5.32 Å². The lowest BCUT2D eigenvalue weighted by molar-refractivity contribution is 0.0225. The van der Waals surface area contributed by atoms with E-state index in [0.717, 1.165) is 32.1 Å². The molecule has 3 heteroatoms. The number of rotatable bonds is 5. The normalized spacial score (nSPS) is 20.3. The van der Waals surface area contributed by atoms with Crippen LogP contribution in [0.2, 0.25) is 0 Å². The second kappa shape index (κ2) is 7.09. The summed E-state index contributed by atoms with van der Waals surface area (Å²) in [5.41, 5.74) is 0.628. The Morgan fingerprint density at radius 2 is 1.70 bits per heavy atom. The maximum absolute atomic E-state index is 10.7. The average molecular weight is 277 g/mol. The molecule has 1 aromatic carbocycles. The van der Waals surface area contributed by atoms with Crippen molar-refractivity contribution in [1.29, 1.82) is 0 Å². The van der Waals surface area contributed by atoms with Crippen LogP contribution in [0.25, 0.3) is 0 Å². The summed E-state index contributed by atoms with van der Waals surface area (Å²) < 4.78 is 0. The van der Waals surface area contributed by atoms with Crippen LogP contribution in [0.3, 0.4) is 0 Å². The third-order valence-electron chi connectivity index (χ3n) is 4.42. The van der Waals surface area contributed by atoms with E-state index in [9.17, 15) is 10.2 Å². The van der Waals surface area contributed by atoms with Crippen molar-refractivity contribution in [3.05, 3.63) is 29.8 Å². The molecule has 1 aliphatic rings. The van der Waals surface area contributed by atoms with Crippen molar-refractivity contribution in [2.45, 2.75) is 63.5 Å². The van der Waals surface area contributed by atoms with E-state index in [4.69, 9.17) is 0 Å². The van der Waals surface area contributed by atoms with Gasteiger partial charge in [0.25, 0.3) is 0 Å². The topological polar surface area (TPSA) is 52.5 Å². The molecule has 2 rings (SSSR count). The quantitative estimate of drug-likeness (QED) is 0.722. The Kier molecular flexibility index (Phi) is 5.44. The van der Waals surface area contributed by atoms with Gasteiger partial charge in [0.1, 0.15) is 5.75 Å². The van der Waals surface area contributed by atoms with Crippen LogP contribution in [-0.4, -0.2) is 22.4 Å². The van der Waals surface area contributed by atoms with Gasteiger partial charge in [-0.2, -0.15) is 0 Å². The van der Waals surface area contributed by atoms with Gasteiger partial charge in [-0.05, 0) is 37.0 Å². The Balaban J connectivity index is 1.94. The SMILES string of the molecule is CCC(NCC1(O)CCCCCC1)c1ccc(O)cc1. The molecule has 1 atom stereocenters. The molecule has 20 heavy (non-hydrogen) atoms. The number of hydrogen-bond donors (Lipinski definition) is 3. The molecule has 0 amide bonds. The second-order valence-electron chi connectivity index (χ2n) is 6.07. The van der Waals surface area contributed by atoms with E-state index in [2.05, 4.69) is 12.2 Å². The second-order valence-corrected chi connectivity index (χ2v) is 6.07. The molecule has 1 aliphatic carbocycles. The van der Waals surface area contributed by atoms with Crippen LogP contribution in [0.1, 0.15) is 63.5 Å². The van der Waals surface area contributed by atoms with Gasteiger partial charge in [0.15, 0.2) is 0 Å². The summed E-state index contributed by atoms with van der Waals surface area (Å²) in [6, 6.07) is 7.59. The minimum absolute atomic E-state index is 0.239. The molecule has 1 aromatic rings.